The standard InChI is InChI=1S/C19H27NO4/c1-4-19(2,3)15-5-7-16(8-6-15)24-13-17(21)20-11-9-14(10-12-20)18(22)23/h5-8,14H,4,9-13H2,1-3H3,(H,22,23)/p-1. The molecule has 1 amide bonds. The molecule has 2 rings (SSSR count). The van der Waals surface area contributed by atoms with E-state index in [9.17, 15) is 14.7 Å². The van der Waals surface area contributed by atoms with Gasteiger partial charge in [-0.2, -0.15) is 0 Å². The Balaban J connectivity index is 1.83. The highest BCUT2D eigenvalue weighted by molar-refractivity contribution is 5.78. The zero-order valence-corrected chi connectivity index (χ0v) is 14.7. The van der Waals surface area contributed by atoms with Crippen LogP contribution in [-0.2, 0) is 15.0 Å². The van der Waals surface area contributed by atoms with Crippen molar-refractivity contribution in [3.63, 3.8) is 0 Å². The van der Waals surface area contributed by atoms with Crippen LogP contribution >= 0.6 is 0 Å². The molecule has 1 heterocycles. The summed E-state index contributed by atoms with van der Waals surface area (Å²) in [6, 6.07) is 7.86. The molecule has 5 heteroatoms. The van der Waals surface area contributed by atoms with Crippen LogP contribution in [0.4, 0.5) is 0 Å². The molecule has 0 N–H and O–H groups in total. The first kappa shape index (κ1) is 18.3. The maximum Gasteiger partial charge on any atom is 0.260 e. The van der Waals surface area contributed by atoms with Gasteiger partial charge >= 0.3 is 0 Å². The van der Waals surface area contributed by atoms with Crippen LogP contribution in [0.5, 0.6) is 5.75 Å². The van der Waals surface area contributed by atoms with Crippen molar-refractivity contribution >= 4 is 11.9 Å². The van der Waals surface area contributed by atoms with Crippen LogP contribution in [0.1, 0.15) is 45.6 Å². The summed E-state index contributed by atoms with van der Waals surface area (Å²) in [6.07, 6.45) is 1.96. The summed E-state index contributed by atoms with van der Waals surface area (Å²) in [5, 5.41) is 10.8. The molecule has 132 valence electrons. The number of carboxylic acid groups (broad SMARTS) is 1. The number of rotatable bonds is 6. The molecule has 0 aromatic heterocycles. The third-order valence-corrected chi connectivity index (χ3v) is 5.06. The van der Waals surface area contributed by atoms with Crippen molar-refractivity contribution < 1.29 is 19.4 Å². The quantitative estimate of drug-likeness (QED) is 0.796. The molecule has 1 aliphatic heterocycles. The van der Waals surface area contributed by atoms with Crippen LogP contribution in [0.2, 0.25) is 0 Å². The largest absolute Gasteiger partial charge is 0.550 e. The first-order chi connectivity index (χ1) is 11.3. The minimum atomic E-state index is -1.02. The van der Waals surface area contributed by atoms with Gasteiger partial charge in [-0.05, 0) is 42.4 Å². The lowest BCUT2D eigenvalue weighted by Gasteiger charge is -2.32. The van der Waals surface area contributed by atoms with Crippen molar-refractivity contribution in [2.75, 3.05) is 19.7 Å². The highest BCUT2D eigenvalue weighted by Crippen LogP contribution is 2.28. The van der Waals surface area contributed by atoms with E-state index in [1.165, 1.54) is 5.56 Å². The summed E-state index contributed by atoms with van der Waals surface area (Å²) < 4.78 is 5.58. The topological polar surface area (TPSA) is 69.7 Å². The van der Waals surface area contributed by atoms with Gasteiger partial charge in [-0.3, -0.25) is 4.79 Å². The van der Waals surface area contributed by atoms with E-state index in [2.05, 4.69) is 20.8 Å². The highest BCUT2D eigenvalue weighted by Gasteiger charge is 2.23. The number of nitrogens with zero attached hydrogens (tertiary/aromatic N) is 1. The number of ether oxygens (including phenoxy) is 1. The summed E-state index contributed by atoms with van der Waals surface area (Å²) in [4.78, 5) is 24.6. The summed E-state index contributed by atoms with van der Waals surface area (Å²) in [5.74, 6) is -0.897. The van der Waals surface area contributed by atoms with Crippen molar-refractivity contribution in [3.05, 3.63) is 29.8 Å². The van der Waals surface area contributed by atoms with Gasteiger partial charge in [0, 0.05) is 25.0 Å². The van der Waals surface area contributed by atoms with Gasteiger partial charge in [-0.1, -0.05) is 32.9 Å². The zero-order valence-electron chi connectivity index (χ0n) is 14.7. The van der Waals surface area contributed by atoms with Gasteiger partial charge in [0.1, 0.15) is 5.75 Å². The number of likely N-dealkylation sites (tertiary alicyclic amines) is 1. The second-order valence-electron chi connectivity index (χ2n) is 7.02. The maximum absolute atomic E-state index is 12.2. The molecule has 24 heavy (non-hydrogen) atoms. The van der Waals surface area contributed by atoms with E-state index >= 15 is 0 Å². The zero-order chi connectivity index (χ0) is 17.7. The van der Waals surface area contributed by atoms with Gasteiger partial charge in [0.15, 0.2) is 6.61 Å². The lowest BCUT2D eigenvalue weighted by atomic mass is 9.82. The van der Waals surface area contributed by atoms with Crippen molar-refractivity contribution in [2.24, 2.45) is 5.92 Å². The monoisotopic (exact) mass is 332 g/mol. The minimum Gasteiger partial charge on any atom is -0.550 e. The molecule has 0 saturated carbocycles. The van der Waals surface area contributed by atoms with E-state index < -0.39 is 11.9 Å². The number of piperidine rings is 1. The summed E-state index contributed by atoms with van der Waals surface area (Å²) >= 11 is 0. The van der Waals surface area contributed by atoms with Crippen LogP contribution in [0.15, 0.2) is 24.3 Å². The van der Waals surface area contributed by atoms with Crippen LogP contribution in [0.25, 0.3) is 0 Å². The second kappa shape index (κ2) is 7.69. The Hall–Kier alpha value is -2.04. The van der Waals surface area contributed by atoms with Gasteiger partial charge in [-0.15, -0.1) is 0 Å². The highest BCUT2D eigenvalue weighted by atomic mass is 16.5. The molecule has 1 fully saturated rings. The van der Waals surface area contributed by atoms with Crippen molar-refractivity contribution in [3.8, 4) is 5.75 Å². The van der Waals surface area contributed by atoms with E-state index in [4.69, 9.17) is 4.74 Å². The number of hydrogen-bond acceptors (Lipinski definition) is 4. The third-order valence-electron chi connectivity index (χ3n) is 5.06. The number of benzene rings is 1. The number of hydrogen-bond donors (Lipinski definition) is 0. The fourth-order valence-electron chi connectivity index (χ4n) is 2.81. The lowest BCUT2D eigenvalue weighted by Crippen LogP contribution is -2.45. The van der Waals surface area contributed by atoms with Gasteiger partial charge in [-0.25, -0.2) is 0 Å². The van der Waals surface area contributed by atoms with Gasteiger partial charge in [0.05, 0.1) is 0 Å². The van der Waals surface area contributed by atoms with E-state index in [1.54, 1.807) is 4.90 Å². The summed E-state index contributed by atoms with van der Waals surface area (Å²) in [7, 11) is 0. The van der Waals surface area contributed by atoms with E-state index in [0.29, 0.717) is 31.7 Å². The predicted octanol–water partition coefficient (Wildman–Crippen LogP) is 1.74. The van der Waals surface area contributed by atoms with Crippen LogP contribution in [-0.4, -0.2) is 36.5 Å². The first-order valence-electron chi connectivity index (χ1n) is 8.55. The van der Waals surface area contributed by atoms with Crippen LogP contribution in [0, 0.1) is 5.92 Å². The Morgan fingerprint density at radius 1 is 1.21 bits per heavy atom. The molecule has 0 unspecified atom stereocenters. The van der Waals surface area contributed by atoms with E-state index in [-0.39, 0.29) is 17.9 Å². The van der Waals surface area contributed by atoms with Gasteiger partial charge in [0.25, 0.3) is 5.91 Å². The molecule has 5 nitrogen and oxygen atoms in total. The Morgan fingerprint density at radius 3 is 2.29 bits per heavy atom. The van der Waals surface area contributed by atoms with Crippen molar-refractivity contribution in [2.45, 2.75) is 45.4 Å². The van der Waals surface area contributed by atoms with Crippen LogP contribution in [0.3, 0.4) is 0 Å². The maximum atomic E-state index is 12.2. The fraction of sp³-hybridized carbons (Fsp3) is 0.579. The summed E-state index contributed by atoms with van der Waals surface area (Å²) in [5.41, 5.74) is 1.37. The molecule has 0 aliphatic carbocycles. The molecule has 0 spiro atoms. The Bertz CT molecular complexity index is 572. The average Bonchev–Trinajstić information content (AvgIpc) is 2.60. The average molecular weight is 332 g/mol. The molecule has 0 bridgehead atoms. The second-order valence-corrected chi connectivity index (χ2v) is 7.02. The van der Waals surface area contributed by atoms with Gasteiger partial charge < -0.3 is 19.5 Å². The SMILES string of the molecule is CCC(C)(C)c1ccc(OCC(=O)N2CCC(C(=O)[O-])CC2)cc1. The van der Waals surface area contributed by atoms with E-state index in [0.717, 1.165) is 6.42 Å². The number of carbonyl (C=O) groups excluding carboxylic acids is 2. The Labute approximate surface area is 143 Å². The molecule has 0 radical (unpaired) electrons. The molecule has 0 atom stereocenters. The Morgan fingerprint density at radius 2 is 1.79 bits per heavy atom. The number of carbonyl (C=O) groups is 2. The number of carboxylic acids is 1. The van der Waals surface area contributed by atoms with Gasteiger partial charge in [0.2, 0.25) is 0 Å². The molecule has 1 aliphatic rings. The fourth-order valence-corrected chi connectivity index (χ4v) is 2.81. The lowest BCUT2D eigenvalue weighted by molar-refractivity contribution is -0.312. The van der Waals surface area contributed by atoms with Crippen LogP contribution < -0.4 is 9.84 Å². The first-order valence-corrected chi connectivity index (χ1v) is 8.55. The minimum absolute atomic E-state index is 0.0213. The molecular formula is C19H26NO4-. The molecule has 1 aromatic rings. The predicted molar refractivity (Wildman–Crippen MR) is 89.6 cm³/mol. The van der Waals surface area contributed by atoms with E-state index in [1.807, 2.05) is 24.3 Å². The summed E-state index contributed by atoms with van der Waals surface area (Å²) in [6.45, 7) is 7.43. The Kier molecular flexibility index (Phi) is 5.86. The normalized spacial score (nSPS) is 16.0. The number of aliphatic carboxylic acids is 1. The smallest absolute Gasteiger partial charge is 0.260 e. The molecule has 1 aromatic carbocycles. The van der Waals surface area contributed by atoms with Crippen molar-refractivity contribution in [1.29, 1.82) is 0 Å². The third kappa shape index (κ3) is 4.49. The number of amides is 1. The molecular weight excluding hydrogens is 306 g/mol. The van der Waals surface area contributed by atoms with Crippen molar-refractivity contribution in [1.82, 2.24) is 4.90 Å². The molecule has 1 saturated heterocycles.